The van der Waals surface area contributed by atoms with Crippen LogP contribution in [0, 0.1) is 28.1 Å². The predicted molar refractivity (Wildman–Crippen MR) is 184 cm³/mol. The highest BCUT2D eigenvalue weighted by Crippen LogP contribution is 2.65. The molecule has 1 aliphatic carbocycles. The first-order chi connectivity index (χ1) is 21.9. The van der Waals surface area contributed by atoms with E-state index in [1.54, 1.807) is 11.4 Å². The zero-order chi connectivity index (χ0) is 36.6. The molecule has 2 fully saturated rings. The molecule has 1 saturated heterocycles. The van der Waals surface area contributed by atoms with Gasteiger partial charge in [-0.2, -0.15) is 4.31 Å². The summed E-state index contributed by atoms with van der Waals surface area (Å²) in [5.74, 6) is -3.14. The fourth-order valence-electron chi connectivity index (χ4n) is 6.84. The smallest absolute Gasteiger partial charge is 0.315 e. The molecule has 0 bridgehead atoms. The van der Waals surface area contributed by atoms with Gasteiger partial charge < -0.3 is 26.6 Å². The van der Waals surface area contributed by atoms with E-state index in [0.717, 1.165) is 11.3 Å². The number of hydrogen-bond donors (Lipinski definition) is 4. The van der Waals surface area contributed by atoms with Crippen molar-refractivity contribution in [1.82, 2.24) is 25.2 Å². The van der Waals surface area contributed by atoms with Crippen LogP contribution in [0.2, 0.25) is 0 Å². The molecule has 15 heteroatoms. The first kappa shape index (κ1) is 39.4. The highest BCUT2D eigenvalue weighted by molar-refractivity contribution is 7.91. The summed E-state index contributed by atoms with van der Waals surface area (Å²) in [6.07, 6.45) is 1.19. The number of thiophene rings is 1. The van der Waals surface area contributed by atoms with Crippen molar-refractivity contribution in [3.63, 3.8) is 0 Å². The van der Waals surface area contributed by atoms with E-state index in [9.17, 15) is 32.4 Å². The maximum absolute atomic E-state index is 14.3. The van der Waals surface area contributed by atoms with Gasteiger partial charge in [0.15, 0.2) is 0 Å². The summed E-state index contributed by atoms with van der Waals surface area (Å²) in [7, 11) is -2.29. The van der Waals surface area contributed by atoms with Crippen molar-refractivity contribution in [3.8, 4) is 0 Å². The lowest BCUT2D eigenvalue weighted by Gasteiger charge is -2.38. The molecule has 5 N–H and O–H groups in total. The van der Waals surface area contributed by atoms with E-state index in [-0.39, 0.29) is 39.8 Å². The number of nitrogens with one attached hydrogen (secondary N) is 3. The number of urea groups is 1. The summed E-state index contributed by atoms with van der Waals surface area (Å²) in [6.45, 7) is 17.6. The van der Waals surface area contributed by atoms with Crippen LogP contribution in [0.25, 0.3) is 0 Å². The van der Waals surface area contributed by atoms with Gasteiger partial charge in [-0.15, -0.1) is 11.3 Å². The molecule has 3 rings (SSSR count). The molecular formula is C33H54N6O7S2. The zero-order valence-electron chi connectivity index (χ0n) is 29.9. The minimum absolute atomic E-state index is 0.00875. The lowest BCUT2D eigenvalue weighted by molar-refractivity contribution is -0.145. The van der Waals surface area contributed by atoms with Crippen molar-refractivity contribution >= 4 is 50.9 Å². The van der Waals surface area contributed by atoms with E-state index < -0.39 is 69.1 Å². The Hall–Kier alpha value is -3.04. The van der Waals surface area contributed by atoms with E-state index >= 15 is 0 Å². The SMILES string of the molecule is CCCC(NC(=O)[C@@H]1[C@@H]2[C@H](CN1C(=O)[C@@H](NC(=O)N[C@H](CN(C)S(=O)(=O)c1cccs1)CC(C)(C)C)C(C)(C)C)C2(C)C)C(=O)C(N)=O. The molecule has 0 radical (unpaired) electrons. The van der Waals surface area contributed by atoms with E-state index in [1.165, 1.54) is 22.3 Å². The van der Waals surface area contributed by atoms with Gasteiger partial charge in [0.25, 0.3) is 15.9 Å². The van der Waals surface area contributed by atoms with Gasteiger partial charge in [0.05, 0.1) is 6.04 Å². The van der Waals surface area contributed by atoms with Crippen LogP contribution in [0.1, 0.15) is 81.6 Å². The van der Waals surface area contributed by atoms with Crippen LogP contribution in [-0.2, 0) is 29.2 Å². The third-order valence-electron chi connectivity index (χ3n) is 9.43. The Kier molecular flexibility index (Phi) is 11.9. The van der Waals surface area contributed by atoms with E-state index in [1.807, 2.05) is 62.3 Å². The Morgan fingerprint density at radius 1 is 1.08 bits per heavy atom. The van der Waals surface area contributed by atoms with Crippen LogP contribution in [-0.4, -0.2) is 91.5 Å². The highest BCUT2D eigenvalue weighted by atomic mass is 32.2. The van der Waals surface area contributed by atoms with Crippen molar-refractivity contribution < 1.29 is 32.4 Å². The summed E-state index contributed by atoms with van der Waals surface area (Å²) >= 11 is 1.11. The first-order valence-electron chi connectivity index (χ1n) is 16.4. The predicted octanol–water partition coefficient (Wildman–Crippen LogP) is 2.71. The summed E-state index contributed by atoms with van der Waals surface area (Å²) in [5, 5.41) is 10.1. The minimum atomic E-state index is -3.77. The molecule has 1 aromatic heterocycles. The summed E-state index contributed by atoms with van der Waals surface area (Å²) in [4.78, 5) is 67.3. The molecule has 0 spiro atoms. The number of piperidine rings is 1. The quantitative estimate of drug-likeness (QED) is 0.214. The van der Waals surface area contributed by atoms with Gasteiger partial charge in [-0.3, -0.25) is 19.2 Å². The molecule has 13 nitrogen and oxygen atoms in total. The number of sulfonamides is 1. The third kappa shape index (κ3) is 8.94. The molecule has 0 aromatic carbocycles. The lowest BCUT2D eigenvalue weighted by atomic mass is 9.85. The number of ketones is 1. The third-order valence-corrected chi connectivity index (χ3v) is 12.6. The molecule has 6 atom stereocenters. The van der Waals surface area contributed by atoms with Crippen molar-refractivity contribution in [3.05, 3.63) is 17.5 Å². The standard InChI is InChI=1S/C33H54N6O7S2/c1-11-13-21(25(40)27(34)41)36-28(42)24-23-20(33(23,8)9)18-39(24)29(43)26(32(5,6)7)37-30(44)35-19(16-31(2,3)4)17-38(10)48(45,46)22-14-12-15-47-22/h12,14-15,19-21,23-24,26H,11,13,16-18H2,1-10H3,(H2,34,41)(H,36,42)(H2,35,37,44)/t19-,20-,21?,23-,24-,26+/m0/s1. The number of Topliss-reactive ketones (excluding diaryl/α,β-unsaturated/α-hetero) is 1. The van der Waals surface area contributed by atoms with Gasteiger partial charge in [-0.1, -0.05) is 74.8 Å². The average molecular weight is 711 g/mol. The summed E-state index contributed by atoms with van der Waals surface area (Å²) in [5.41, 5.74) is 3.98. The molecular weight excluding hydrogens is 657 g/mol. The fraction of sp³-hybridized carbons (Fsp3) is 0.727. The Labute approximate surface area is 289 Å². The maximum Gasteiger partial charge on any atom is 0.315 e. The Morgan fingerprint density at radius 2 is 1.71 bits per heavy atom. The number of nitrogens with two attached hydrogens (primary N) is 1. The topological polar surface area (TPSA) is 188 Å². The fourth-order valence-corrected chi connectivity index (χ4v) is 9.26. The molecule has 5 amide bonds. The molecule has 2 heterocycles. The van der Waals surface area contributed by atoms with Gasteiger partial charge in [0.2, 0.25) is 17.6 Å². The molecule has 1 aromatic rings. The molecule has 270 valence electrons. The zero-order valence-corrected chi connectivity index (χ0v) is 31.5. The van der Waals surface area contributed by atoms with Gasteiger partial charge >= 0.3 is 6.03 Å². The highest BCUT2D eigenvalue weighted by Gasteiger charge is 2.70. The minimum Gasteiger partial charge on any atom is -0.363 e. The van der Waals surface area contributed by atoms with Crippen LogP contribution < -0.4 is 21.7 Å². The number of hydrogen-bond acceptors (Lipinski definition) is 8. The van der Waals surface area contributed by atoms with Gasteiger partial charge in [-0.05, 0) is 52.4 Å². The number of carbonyl (C=O) groups excluding carboxylic acids is 5. The number of likely N-dealkylation sites (tertiary alicyclic amines) is 1. The van der Waals surface area contributed by atoms with E-state index in [2.05, 4.69) is 16.0 Å². The largest absolute Gasteiger partial charge is 0.363 e. The van der Waals surface area contributed by atoms with Crippen LogP contribution in [0.15, 0.2) is 21.7 Å². The molecule has 1 aliphatic heterocycles. The van der Waals surface area contributed by atoms with Crippen molar-refractivity contribution in [2.45, 2.75) is 110 Å². The number of primary amides is 1. The molecule has 1 saturated carbocycles. The number of carbonyl (C=O) groups is 5. The van der Waals surface area contributed by atoms with Crippen molar-refractivity contribution in [2.75, 3.05) is 20.1 Å². The van der Waals surface area contributed by atoms with Crippen molar-refractivity contribution in [2.24, 2.45) is 33.8 Å². The summed E-state index contributed by atoms with van der Waals surface area (Å²) < 4.78 is 27.7. The second-order valence-corrected chi connectivity index (χ2v) is 19.3. The van der Waals surface area contributed by atoms with Gasteiger partial charge in [-0.25, -0.2) is 13.2 Å². The van der Waals surface area contributed by atoms with Crippen molar-refractivity contribution in [1.29, 1.82) is 0 Å². The number of amides is 5. The van der Waals surface area contributed by atoms with Crippen LogP contribution >= 0.6 is 11.3 Å². The van der Waals surface area contributed by atoms with Gasteiger partial charge in [0.1, 0.15) is 16.3 Å². The van der Waals surface area contributed by atoms with E-state index in [0.29, 0.717) is 19.4 Å². The molecule has 48 heavy (non-hydrogen) atoms. The molecule has 1 unspecified atom stereocenters. The van der Waals surface area contributed by atoms with Gasteiger partial charge in [0, 0.05) is 26.2 Å². The number of likely N-dealkylation sites (N-methyl/N-ethyl adjacent to an activating group) is 1. The van der Waals surface area contributed by atoms with Crippen LogP contribution in [0.3, 0.4) is 0 Å². The summed E-state index contributed by atoms with van der Waals surface area (Å²) in [6, 6.07) is -1.08. The lowest BCUT2D eigenvalue weighted by Crippen LogP contribution is -2.62. The Balaban J connectivity index is 1.83. The maximum atomic E-state index is 14.3. The second-order valence-electron chi connectivity index (χ2n) is 16.1. The Morgan fingerprint density at radius 3 is 2.21 bits per heavy atom. The first-order valence-corrected chi connectivity index (χ1v) is 18.8. The second kappa shape index (κ2) is 14.4. The van der Waals surface area contributed by atoms with Crippen LogP contribution in [0.5, 0.6) is 0 Å². The number of nitrogens with zero attached hydrogens (tertiary/aromatic N) is 2. The average Bonchev–Trinajstić information content (AvgIpc) is 3.40. The number of rotatable bonds is 14. The molecule has 2 aliphatic rings. The van der Waals surface area contributed by atoms with Crippen LogP contribution in [0.4, 0.5) is 4.79 Å². The Bertz CT molecular complexity index is 1480. The number of fused-ring (bicyclic) bond motifs is 1. The van der Waals surface area contributed by atoms with E-state index in [4.69, 9.17) is 5.73 Å². The normalized spacial score (nSPS) is 22.3. The monoisotopic (exact) mass is 710 g/mol.